The highest BCUT2D eigenvalue weighted by Gasteiger charge is 2.13. The average molecular weight is 248 g/mol. The van der Waals surface area contributed by atoms with Crippen molar-refractivity contribution < 1.29 is 4.74 Å². The first kappa shape index (κ1) is 12.1. The third-order valence-corrected chi connectivity index (χ3v) is 3.69. The van der Waals surface area contributed by atoms with Crippen molar-refractivity contribution >= 4 is 11.3 Å². The molecule has 0 aliphatic rings. The van der Waals surface area contributed by atoms with Crippen molar-refractivity contribution in [3.8, 4) is 5.75 Å². The zero-order valence-corrected chi connectivity index (χ0v) is 10.8. The quantitative estimate of drug-likeness (QED) is 0.883. The zero-order chi connectivity index (χ0) is 12.1. The van der Waals surface area contributed by atoms with Gasteiger partial charge in [-0.15, -0.1) is 11.3 Å². The summed E-state index contributed by atoms with van der Waals surface area (Å²) in [7, 11) is 3.67. The van der Waals surface area contributed by atoms with E-state index in [0.717, 1.165) is 17.9 Å². The molecule has 2 aromatic heterocycles. The molecule has 4 heteroatoms. The number of likely N-dealkylation sites (N-methyl/N-ethyl adjacent to an activating group) is 1. The van der Waals surface area contributed by atoms with Gasteiger partial charge >= 0.3 is 0 Å². The van der Waals surface area contributed by atoms with Gasteiger partial charge in [0.2, 0.25) is 0 Å². The Labute approximate surface area is 105 Å². The molecule has 1 unspecified atom stereocenters. The molecule has 0 radical (unpaired) electrons. The fourth-order valence-corrected chi connectivity index (χ4v) is 2.66. The van der Waals surface area contributed by atoms with Crippen LogP contribution >= 0.6 is 11.3 Å². The lowest BCUT2D eigenvalue weighted by atomic mass is 10.1. The molecule has 0 aliphatic heterocycles. The minimum atomic E-state index is 0.291. The molecular formula is C13H16N2OS. The molecule has 1 N–H and O–H groups in total. The van der Waals surface area contributed by atoms with Gasteiger partial charge in [-0.05, 0) is 25.2 Å². The van der Waals surface area contributed by atoms with E-state index in [1.165, 1.54) is 4.88 Å². The van der Waals surface area contributed by atoms with Crippen LogP contribution in [-0.4, -0.2) is 19.1 Å². The number of aromatic nitrogens is 1. The molecule has 0 amide bonds. The maximum atomic E-state index is 5.21. The number of nitrogens with zero attached hydrogens (tertiary/aromatic N) is 1. The summed E-state index contributed by atoms with van der Waals surface area (Å²) in [5.74, 6) is 0.922. The average Bonchev–Trinajstić information content (AvgIpc) is 2.86. The first-order valence-electron chi connectivity index (χ1n) is 5.53. The highest BCUT2D eigenvalue weighted by atomic mass is 32.1. The molecule has 0 aromatic carbocycles. The summed E-state index contributed by atoms with van der Waals surface area (Å²) >= 11 is 1.71. The van der Waals surface area contributed by atoms with Crippen LogP contribution in [0.1, 0.15) is 16.6 Å². The smallest absolute Gasteiger partial charge is 0.129 e. The van der Waals surface area contributed by atoms with Crippen molar-refractivity contribution in [2.45, 2.75) is 12.5 Å². The lowest BCUT2D eigenvalue weighted by molar-refractivity contribution is 0.416. The molecule has 90 valence electrons. The summed E-state index contributed by atoms with van der Waals surface area (Å²) in [6.07, 6.45) is 2.72. The number of pyridine rings is 1. The monoisotopic (exact) mass is 248 g/mol. The van der Waals surface area contributed by atoms with Gasteiger partial charge in [-0.25, -0.2) is 0 Å². The highest BCUT2D eigenvalue weighted by molar-refractivity contribution is 7.10. The van der Waals surface area contributed by atoms with E-state index >= 15 is 0 Å². The highest BCUT2D eigenvalue weighted by Crippen LogP contribution is 2.28. The molecule has 0 bridgehead atoms. The minimum Gasteiger partial charge on any atom is -0.496 e. The van der Waals surface area contributed by atoms with Crippen LogP contribution in [0.3, 0.4) is 0 Å². The Kier molecular flexibility index (Phi) is 4.12. The molecule has 1 atom stereocenters. The summed E-state index contributed by atoms with van der Waals surface area (Å²) in [6, 6.07) is 8.37. The summed E-state index contributed by atoms with van der Waals surface area (Å²) in [5, 5.41) is 5.35. The van der Waals surface area contributed by atoms with Crippen molar-refractivity contribution in [3.05, 3.63) is 46.4 Å². The standard InChI is InChI=1S/C13H16N2OS/c1-14-12(7-10-5-3-4-6-15-10)13-8-11(16-2)9-17-13/h3-6,8-9,12,14H,7H2,1-2H3. The maximum absolute atomic E-state index is 5.21. The maximum Gasteiger partial charge on any atom is 0.129 e. The van der Waals surface area contributed by atoms with Crippen LogP contribution in [-0.2, 0) is 6.42 Å². The van der Waals surface area contributed by atoms with Crippen LogP contribution in [0.25, 0.3) is 0 Å². The molecule has 2 heterocycles. The molecule has 17 heavy (non-hydrogen) atoms. The first-order chi connectivity index (χ1) is 8.33. The summed E-state index contributed by atoms with van der Waals surface area (Å²) in [6.45, 7) is 0. The molecule has 0 spiro atoms. The van der Waals surface area contributed by atoms with Gasteiger partial charge in [0.25, 0.3) is 0 Å². The molecule has 0 saturated carbocycles. The predicted molar refractivity (Wildman–Crippen MR) is 70.6 cm³/mol. The third kappa shape index (κ3) is 3.05. The Hall–Kier alpha value is -1.39. The van der Waals surface area contributed by atoms with E-state index in [1.807, 2.05) is 30.8 Å². The molecule has 0 aliphatic carbocycles. The van der Waals surface area contributed by atoms with E-state index in [1.54, 1.807) is 18.4 Å². The minimum absolute atomic E-state index is 0.291. The third-order valence-electron chi connectivity index (χ3n) is 2.66. The van der Waals surface area contributed by atoms with E-state index in [-0.39, 0.29) is 0 Å². The van der Waals surface area contributed by atoms with Gasteiger partial charge in [-0.3, -0.25) is 4.98 Å². The molecular weight excluding hydrogens is 232 g/mol. The predicted octanol–water partition coefficient (Wildman–Crippen LogP) is 2.65. The van der Waals surface area contributed by atoms with Crippen LogP contribution in [0.4, 0.5) is 0 Å². The number of thiophene rings is 1. The van der Waals surface area contributed by atoms with Crippen molar-refractivity contribution in [1.82, 2.24) is 10.3 Å². The van der Waals surface area contributed by atoms with E-state index in [2.05, 4.69) is 22.4 Å². The van der Waals surface area contributed by atoms with Crippen LogP contribution in [0, 0.1) is 0 Å². The van der Waals surface area contributed by atoms with Gasteiger partial charge in [-0.1, -0.05) is 6.07 Å². The number of ether oxygens (including phenoxy) is 1. The van der Waals surface area contributed by atoms with Crippen molar-refractivity contribution in [1.29, 1.82) is 0 Å². The Bertz CT molecular complexity index is 455. The number of nitrogens with one attached hydrogen (secondary N) is 1. The van der Waals surface area contributed by atoms with Crippen molar-refractivity contribution in [3.63, 3.8) is 0 Å². The number of hydrogen-bond acceptors (Lipinski definition) is 4. The van der Waals surface area contributed by atoms with Crippen LogP contribution < -0.4 is 10.1 Å². The van der Waals surface area contributed by atoms with E-state index < -0.39 is 0 Å². The molecule has 3 nitrogen and oxygen atoms in total. The molecule has 0 fully saturated rings. The fraction of sp³-hybridized carbons (Fsp3) is 0.308. The van der Waals surface area contributed by atoms with Gasteiger partial charge in [0.1, 0.15) is 5.75 Å². The summed E-state index contributed by atoms with van der Waals surface area (Å²) in [5.41, 5.74) is 1.10. The lowest BCUT2D eigenvalue weighted by Crippen LogP contribution is -2.18. The Balaban J connectivity index is 2.11. The topological polar surface area (TPSA) is 34.2 Å². The van der Waals surface area contributed by atoms with Crippen LogP contribution in [0.2, 0.25) is 0 Å². The fourth-order valence-electron chi connectivity index (χ4n) is 1.70. The second kappa shape index (κ2) is 5.80. The number of methoxy groups -OCH3 is 1. The van der Waals surface area contributed by atoms with E-state index in [4.69, 9.17) is 4.74 Å². The molecule has 0 saturated heterocycles. The Morgan fingerprint density at radius 2 is 2.35 bits per heavy atom. The van der Waals surface area contributed by atoms with Gasteiger partial charge < -0.3 is 10.1 Å². The Morgan fingerprint density at radius 1 is 1.47 bits per heavy atom. The zero-order valence-electron chi connectivity index (χ0n) is 10.0. The second-order valence-electron chi connectivity index (χ2n) is 3.76. The van der Waals surface area contributed by atoms with E-state index in [0.29, 0.717) is 6.04 Å². The largest absolute Gasteiger partial charge is 0.496 e. The first-order valence-corrected chi connectivity index (χ1v) is 6.41. The number of rotatable bonds is 5. The second-order valence-corrected chi connectivity index (χ2v) is 4.70. The van der Waals surface area contributed by atoms with Gasteiger partial charge in [0, 0.05) is 34.6 Å². The van der Waals surface area contributed by atoms with Crippen LogP contribution in [0.15, 0.2) is 35.8 Å². The lowest BCUT2D eigenvalue weighted by Gasteiger charge is -2.13. The van der Waals surface area contributed by atoms with Gasteiger partial charge in [0.15, 0.2) is 0 Å². The van der Waals surface area contributed by atoms with Crippen molar-refractivity contribution in [2.75, 3.05) is 14.2 Å². The summed E-state index contributed by atoms with van der Waals surface area (Å²) in [4.78, 5) is 5.63. The van der Waals surface area contributed by atoms with Crippen LogP contribution in [0.5, 0.6) is 5.75 Å². The van der Waals surface area contributed by atoms with E-state index in [9.17, 15) is 0 Å². The van der Waals surface area contributed by atoms with Gasteiger partial charge in [-0.2, -0.15) is 0 Å². The normalized spacial score (nSPS) is 12.4. The molecule has 2 aromatic rings. The summed E-state index contributed by atoms with van der Waals surface area (Å²) < 4.78 is 5.21. The van der Waals surface area contributed by atoms with Gasteiger partial charge in [0.05, 0.1) is 7.11 Å². The Morgan fingerprint density at radius 3 is 2.94 bits per heavy atom. The SMILES string of the molecule is CNC(Cc1ccccn1)c1cc(OC)cs1. The molecule has 2 rings (SSSR count). The number of hydrogen-bond donors (Lipinski definition) is 1. The van der Waals surface area contributed by atoms with Crippen molar-refractivity contribution in [2.24, 2.45) is 0 Å².